The fourth-order valence-corrected chi connectivity index (χ4v) is 6.69. The molecule has 0 N–H and O–H groups in total. The first kappa shape index (κ1) is 34.0. The fraction of sp³-hybridized carbons (Fsp3) is 1.00. The highest BCUT2D eigenvalue weighted by Crippen LogP contribution is 2.40. The van der Waals surface area contributed by atoms with Crippen molar-refractivity contribution in [3.8, 4) is 0 Å². The molecule has 0 aromatic heterocycles. The van der Waals surface area contributed by atoms with Crippen molar-refractivity contribution in [3.63, 3.8) is 0 Å². The highest BCUT2D eigenvalue weighted by molar-refractivity contribution is 4.95. The van der Waals surface area contributed by atoms with E-state index in [-0.39, 0.29) is 34.4 Å². The number of nitrogens with zero attached hydrogens (tertiary/aromatic N) is 2. The van der Waals surface area contributed by atoms with Crippen LogP contribution in [0.2, 0.25) is 0 Å². The Hall–Kier alpha value is -0.240. The monoisotopic (exact) mass is 540 g/mol. The minimum absolute atomic E-state index is 0.00787. The molecule has 2 unspecified atom stereocenters. The number of ether oxygens (including phenoxy) is 2. The molecule has 0 amide bonds. The van der Waals surface area contributed by atoms with Gasteiger partial charge >= 0.3 is 0 Å². The molecule has 2 saturated heterocycles. The van der Waals surface area contributed by atoms with Crippen molar-refractivity contribution < 1.29 is 19.1 Å². The van der Waals surface area contributed by atoms with Gasteiger partial charge in [-0.25, -0.2) is 0 Å². The van der Waals surface area contributed by atoms with Gasteiger partial charge in [0.1, 0.15) is 0 Å². The topological polar surface area (TPSA) is 43.4 Å². The van der Waals surface area contributed by atoms with E-state index in [1.165, 1.54) is 12.8 Å². The summed E-state index contributed by atoms with van der Waals surface area (Å²) in [6.45, 7) is 28.5. The summed E-state index contributed by atoms with van der Waals surface area (Å²) in [5.74, 6) is 0. The Bertz CT molecular complexity index is 631. The third kappa shape index (κ3) is 10.3. The Morgan fingerprint density at radius 3 is 1.21 bits per heavy atom. The molecule has 226 valence electrons. The zero-order valence-electron chi connectivity index (χ0n) is 27.3. The Labute approximate surface area is 236 Å². The number of unbranched alkanes of at least 4 members (excludes halogenated alkanes) is 3. The van der Waals surface area contributed by atoms with Crippen molar-refractivity contribution in [1.82, 2.24) is 10.1 Å². The summed E-state index contributed by atoms with van der Waals surface area (Å²) in [7, 11) is 0. The first-order valence-corrected chi connectivity index (χ1v) is 15.6. The molecule has 2 aliphatic rings. The largest absolute Gasteiger partial charge is 0.378 e. The predicted molar refractivity (Wildman–Crippen MR) is 158 cm³/mol. The molecule has 2 fully saturated rings. The minimum atomic E-state index is -0.0496. The lowest BCUT2D eigenvalue weighted by Crippen LogP contribution is -2.55. The van der Waals surface area contributed by atoms with Gasteiger partial charge in [-0.1, -0.05) is 12.8 Å². The average Bonchev–Trinajstić information content (AvgIpc) is 2.91. The van der Waals surface area contributed by atoms with Gasteiger partial charge in [-0.3, -0.25) is 9.68 Å². The molecule has 6 heteroatoms. The maximum absolute atomic E-state index is 6.41. The van der Waals surface area contributed by atoms with Gasteiger partial charge in [0.15, 0.2) is 0 Å². The molecule has 38 heavy (non-hydrogen) atoms. The van der Waals surface area contributed by atoms with Crippen molar-refractivity contribution in [1.29, 1.82) is 0 Å². The van der Waals surface area contributed by atoms with Gasteiger partial charge in [0.05, 0.1) is 24.4 Å². The van der Waals surface area contributed by atoms with Crippen LogP contribution in [0.15, 0.2) is 0 Å². The SMILES string of the molecule is CC(C)ON1C(C)(C)CCC(OCCCCCCOC2CCC(C)(C)N(OC(C)C)C(C)(C)C2)CC1(C)C. The lowest BCUT2D eigenvalue weighted by atomic mass is 9.95. The summed E-state index contributed by atoms with van der Waals surface area (Å²) in [5.41, 5.74) is -0.0835. The maximum atomic E-state index is 6.41. The van der Waals surface area contributed by atoms with E-state index in [4.69, 9.17) is 19.1 Å². The Morgan fingerprint density at radius 1 is 0.553 bits per heavy atom. The third-order valence-corrected chi connectivity index (χ3v) is 8.19. The molecule has 6 nitrogen and oxygen atoms in total. The molecule has 2 heterocycles. The second kappa shape index (κ2) is 14.1. The van der Waals surface area contributed by atoms with Gasteiger partial charge in [-0.15, -0.1) is 0 Å². The lowest BCUT2D eigenvalue weighted by molar-refractivity contribution is -0.284. The fourth-order valence-electron chi connectivity index (χ4n) is 6.69. The first-order chi connectivity index (χ1) is 17.5. The molecular formula is C32H64N2O4. The normalized spacial score (nSPS) is 27.9. The Morgan fingerprint density at radius 2 is 0.895 bits per heavy atom. The van der Waals surface area contributed by atoms with E-state index in [1.54, 1.807) is 0 Å². The average molecular weight is 541 g/mol. The molecule has 0 aromatic carbocycles. The van der Waals surface area contributed by atoms with Crippen LogP contribution in [-0.2, 0) is 19.1 Å². The van der Waals surface area contributed by atoms with Gasteiger partial charge < -0.3 is 9.47 Å². The molecular weight excluding hydrogens is 476 g/mol. The highest BCUT2D eigenvalue weighted by atomic mass is 16.7. The summed E-state index contributed by atoms with van der Waals surface area (Å²) in [5, 5.41) is 4.50. The van der Waals surface area contributed by atoms with E-state index in [2.05, 4.69) is 93.2 Å². The van der Waals surface area contributed by atoms with Gasteiger partial charge in [0, 0.05) is 35.4 Å². The van der Waals surface area contributed by atoms with Crippen LogP contribution in [0, 0.1) is 0 Å². The Balaban J connectivity index is 1.68. The van der Waals surface area contributed by atoms with Gasteiger partial charge in [-0.2, -0.15) is 10.1 Å². The molecule has 0 aliphatic carbocycles. The summed E-state index contributed by atoms with van der Waals surface area (Å²) in [4.78, 5) is 12.6. The van der Waals surface area contributed by atoms with Crippen molar-refractivity contribution in [2.75, 3.05) is 13.2 Å². The summed E-state index contributed by atoms with van der Waals surface area (Å²) < 4.78 is 12.8. The third-order valence-electron chi connectivity index (χ3n) is 8.19. The number of hydroxylamine groups is 4. The predicted octanol–water partition coefficient (Wildman–Crippen LogP) is 8.08. The van der Waals surface area contributed by atoms with E-state index in [0.29, 0.717) is 12.2 Å². The van der Waals surface area contributed by atoms with Crippen LogP contribution in [0.25, 0.3) is 0 Å². The molecule has 2 aliphatic heterocycles. The van der Waals surface area contributed by atoms with Crippen LogP contribution in [0.1, 0.15) is 147 Å². The summed E-state index contributed by atoms with van der Waals surface area (Å²) >= 11 is 0. The van der Waals surface area contributed by atoms with E-state index in [1.807, 2.05) is 0 Å². The molecule has 2 rings (SSSR count). The molecule has 0 saturated carbocycles. The molecule has 0 radical (unpaired) electrons. The van der Waals surface area contributed by atoms with E-state index in [0.717, 1.165) is 64.6 Å². The first-order valence-electron chi connectivity index (χ1n) is 15.6. The second-order valence-electron chi connectivity index (χ2n) is 15.0. The smallest absolute Gasteiger partial charge is 0.0737 e. The minimum Gasteiger partial charge on any atom is -0.378 e. The van der Waals surface area contributed by atoms with Crippen LogP contribution in [0.4, 0.5) is 0 Å². The van der Waals surface area contributed by atoms with Crippen molar-refractivity contribution in [2.45, 2.75) is 194 Å². The van der Waals surface area contributed by atoms with Gasteiger partial charge in [0.25, 0.3) is 0 Å². The van der Waals surface area contributed by atoms with Crippen molar-refractivity contribution in [2.24, 2.45) is 0 Å². The Kier molecular flexibility index (Phi) is 12.6. The zero-order valence-corrected chi connectivity index (χ0v) is 27.3. The van der Waals surface area contributed by atoms with E-state index < -0.39 is 0 Å². The van der Waals surface area contributed by atoms with Gasteiger partial charge in [0.2, 0.25) is 0 Å². The standard InChI is InChI=1S/C32H64N2O4/c1-25(2)37-33-29(5,6)19-17-27(23-31(33,9)10)35-21-15-13-14-16-22-36-28-18-20-30(7,8)34(38-26(3)4)32(11,12)24-28/h25-28H,13-24H2,1-12H3. The van der Waals surface area contributed by atoms with Crippen molar-refractivity contribution >= 4 is 0 Å². The van der Waals surface area contributed by atoms with E-state index >= 15 is 0 Å². The second-order valence-corrected chi connectivity index (χ2v) is 15.0. The highest BCUT2D eigenvalue weighted by Gasteiger charge is 2.45. The van der Waals surface area contributed by atoms with Crippen LogP contribution >= 0.6 is 0 Å². The van der Waals surface area contributed by atoms with Crippen LogP contribution in [-0.4, -0.2) is 69.9 Å². The van der Waals surface area contributed by atoms with Crippen LogP contribution < -0.4 is 0 Å². The number of rotatable bonds is 13. The molecule has 0 bridgehead atoms. The molecule has 0 spiro atoms. The van der Waals surface area contributed by atoms with Crippen LogP contribution in [0.5, 0.6) is 0 Å². The van der Waals surface area contributed by atoms with Crippen molar-refractivity contribution in [3.05, 3.63) is 0 Å². The maximum Gasteiger partial charge on any atom is 0.0737 e. The van der Waals surface area contributed by atoms with Gasteiger partial charge in [-0.05, 0) is 134 Å². The quantitative estimate of drug-likeness (QED) is 0.220. The summed E-state index contributed by atoms with van der Waals surface area (Å²) in [6.07, 6.45) is 12.0. The van der Waals surface area contributed by atoms with Crippen LogP contribution in [0.3, 0.4) is 0 Å². The number of hydrogen-bond acceptors (Lipinski definition) is 6. The summed E-state index contributed by atoms with van der Waals surface area (Å²) in [6, 6.07) is 0. The lowest BCUT2D eigenvalue weighted by Gasteiger charge is -2.46. The van der Waals surface area contributed by atoms with E-state index in [9.17, 15) is 0 Å². The molecule has 0 aromatic rings. The number of hydrogen-bond donors (Lipinski definition) is 0. The zero-order chi connectivity index (χ0) is 28.8. The molecule has 2 atom stereocenters.